The number of hydrogen-bond acceptors (Lipinski definition) is 2. The van der Waals surface area contributed by atoms with Crippen LogP contribution in [0.15, 0.2) is 30.3 Å². The predicted molar refractivity (Wildman–Crippen MR) is 85.0 cm³/mol. The molecule has 0 aliphatic heterocycles. The normalized spacial score (nSPS) is 26.3. The highest BCUT2D eigenvalue weighted by atomic mass is 16.5. The van der Waals surface area contributed by atoms with Gasteiger partial charge in [-0.25, -0.2) is 0 Å². The Kier molecular flexibility index (Phi) is 4.87. The van der Waals surface area contributed by atoms with E-state index in [1.54, 1.807) is 0 Å². The van der Waals surface area contributed by atoms with Crippen molar-refractivity contribution in [2.45, 2.75) is 52.2 Å². The van der Waals surface area contributed by atoms with Crippen molar-refractivity contribution in [1.82, 2.24) is 5.32 Å². The van der Waals surface area contributed by atoms with Crippen LogP contribution in [0, 0.1) is 11.3 Å². The molecule has 112 valence electrons. The number of methoxy groups -OCH3 is 1. The molecule has 0 spiro atoms. The topological polar surface area (TPSA) is 21.3 Å². The van der Waals surface area contributed by atoms with Gasteiger partial charge in [-0.3, -0.25) is 0 Å². The van der Waals surface area contributed by atoms with Crippen LogP contribution >= 0.6 is 0 Å². The number of ether oxygens (including phenoxy) is 1. The lowest BCUT2D eigenvalue weighted by molar-refractivity contribution is -0.0977. The molecule has 1 N–H and O–H groups in total. The van der Waals surface area contributed by atoms with Crippen LogP contribution in [0.1, 0.15) is 45.6 Å². The third-order valence-corrected chi connectivity index (χ3v) is 5.08. The average molecular weight is 275 g/mol. The van der Waals surface area contributed by atoms with Crippen molar-refractivity contribution in [3.8, 4) is 0 Å². The summed E-state index contributed by atoms with van der Waals surface area (Å²) < 4.78 is 5.53. The van der Waals surface area contributed by atoms with E-state index >= 15 is 0 Å². The van der Waals surface area contributed by atoms with Crippen molar-refractivity contribution in [3.05, 3.63) is 35.9 Å². The van der Waals surface area contributed by atoms with Gasteiger partial charge in [-0.1, -0.05) is 58.0 Å². The summed E-state index contributed by atoms with van der Waals surface area (Å²) in [7, 11) is 1.82. The molecule has 0 amide bonds. The molecule has 1 aliphatic rings. The van der Waals surface area contributed by atoms with Crippen LogP contribution in [0.5, 0.6) is 0 Å². The summed E-state index contributed by atoms with van der Waals surface area (Å²) in [6, 6.07) is 11.4. The molecule has 1 aliphatic carbocycles. The largest absolute Gasteiger partial charge is 0.381 e. The van der Waals surface area contributed by atoms with Crippen molar-refractivity contribution >= 4 is 0 Å². The Morgan fingerprint density at radius 1 is 1.25 bits per heavy atom. The zero-order chi connectivity index (χ0) is 14.8. The van der Waals surface area contributed by atoms with E-state index in [0.29, 0.717) is 24.0 Å². The van der Waals surface area contributed by atoms with E-state index in [2.05, 4.69) is 63.3 Å². The van der Waals surface area contributed by atoms with Crippen LogP contribution in [-0.2, 0) is 4.74 Å². The van der Waals surface area contributed by atoms with Crippen LogP contribution < -0.4 is 5.32 Å². The molecule has 0 radical (unpaired) electrons. The van der Waals surface area contributed by atoms with E-state index in [1.165, 1.54) is 5.56 Å². The fraction of sp³-hybridized carbons (Fsp3) is 0.667. The van der Waals surface area contributed by atoms with Crippen LogP contribution in [0.4, 0.5) is 0 Å². The highest BCUT2D eigenvalue weighted by molar-refractivity contribution is 5.20. The predicted octanol–water partition coefficient (Wildman–Crippen LogP) is 3.83. The van der Waals surface area contributed by atoms with Gasteiger partial charge in [0.1, 0.15) is 0 Å². The lowest BCUT2D eigenvalue weighted by atomic mass is 9.64. The standard InChI is InChI=1S/C18H29NO/c1-13(2)15(14-9-7-6-8-10-14)12-19-16-11-17(20-5)18(16,3)4/h6-10,13,15-17,19H,11-12H2,1-5H3. The van der Waals surface area contributed by atoms with Crippen molar-refractivity contribution in [1.29, 1.82) is 0 Å². The van der Waals surface area contributed by atoms with Gasteiger partial charge in [0.25, 0.3) is 0 Å². The maximum Gasteiger partial charge on any atom is 0.0652 e. The fourth-order valence-corrected chi connectivity index (χ4v) is 3.34. The Bertz CT molecular complexity index is 413. The van der Waals surface area contributed by atoms with Gasteiger partial charge in [0.05, 0.1) is 6.10 Å². The lowest BCUT2D eigenvalue weighted by Gasteiger charge is -2.52. The molecule has 0 aromatic heterocycles. The molecule has 0 saturated heterocycles. The number of hydrogen-bond donors (Lipinski definition) is 1. The monoisotopic (exact) mass is 275 g/mol. The molecule has 20 heavy (non-hydrogen) atoms. The Morgan fingerprint density at radius 2 is 1.90 bits per heavy atom. The minimum absolute atomic E-state index is 0.243. The zero-order valence-corrected chi connectivity index (χ0v) is 13.5. The van der Waals surface area contributed by atoms with E-state index in [9.17, 15) is 0 Å². The molecule has 2 rings (SSSR count). The number of benzene rings is 1. The minimum Gasteiger partial charge on any atom is -0.381 e. The first-order valence-corrected chi connectivity index (χ1v) is 7.78. The number of rotatable bonds is 6. The minimum atomic E-state index is 0.243. The molecule has 1 aromatic carbocycles. The highest BCUT2D eigenvalue weighted by Crippen LogP contribution is 2.42. The van der Waals surface area contributed by atoms with Crippen molar-refractivity contribution in [2.75, 3.05) is 13.7 Å². The van der Waals surface area contributed by atoms with Gasteiger partial charge in [-0.2, -0.15) is 0 Å². The Labute approximate surface area is 123 Å². The number of nitrogens with one attached hydrogen (secondary N) is 1. The first kappa shape index (κ1) is 15.5. The smallest absolute Gasteiger partial charge is 0.0652 e. The van der Waals surface area contributed by atoms with E-state index in [4.69, 9.17) is 4.74 Å². The van der Waals surface area contributed by atoms with Crippen molar-refractivity contribution in [3.63, 3.8) is 0 Å². The SMILES string of the molecule is COC1CC(NCC(c2ccccc2)C(C)C)C1(C)C. The molecule has 2 heteroatoms. The van der Waals surface area contributed by atoms with Gasteiger partial charge in [0.2, 0.25) is 0 Å². The summed E-state index contributed by atoms with van der Waals surface area (Å²) in [5.41, 5.74) is 1.68. The van der Waals surface area contributed by atoms with E-state index in [-0.39, 0.29) is 5.41 Å². The molecule has 1 saturated carbocycles. The van der Waals surface area contributed by atoms with Gasteiger partial charge in [0.15, 0.2) is 0 Å². The summed E-state index contributed by atoms with van der Waals surface area (Å²) in [6.45, 7) is 10.3. The molecular weight excluding hydrogens is 246 g/mol. The average Bonchev–Trinajstić information content (AvgIpc) is 2.42. The summed E-state index contributed by atoms with van der Waals surface area (Å²) in [5, 5.41) is 3.77. The second kappa shape index (κ2) is 6.28. The Balaban J connectivity index is 1.95. The van der Waals surface area contributed by atoms with Crippen molar-refractivity contribution < 1.29 is 4.74 Å². The lowest BCUT2D eigenvalue weighted by Crippen LogP contribution is -2.61. The summed E-state index contributed by atoms with van der Waals surface area (Å²) in [5.74, 6) is 1.22. The zero-order valence-electron chi connectivity index (χ0n) is 13.5. The van der Waals surface area contributed by atoms with E-state index in [1.807, 2.05) is 7.11 Å². The van der Waals surface area contributed by atoms with Gasteiger partial charge >= 0.3 is 0 Å². The summed E-state index contributed by atoms with van der Waals surface area (Å²) in [6.07, 6.45) is 1.53. The van der Waals surface area contributed by atoms with E-state index < -0.39 is 0 Å². The molecule has 0 heterocycles. The highest BCUT2D eigenvalue weighted by Gasteiger charge is 2.48. The van der Waals surface area contributed by atoms with Crippen LogP contribution in [0.2, 0.25) is 0 Å². The second-order valence-corrected chi connectivity index (χ2v) is 7.00. The summed E-state index contributed by atoms with van der Waals surface area (Å²) >= 11 is 0. The maximum absolute atomic E-state index is 5.53. The first-order chi connectivity index (χ1) is 9.46. The van der Waals surface area contributed by atoms with Crippen molar-refractivity contribution in [2.24, 2.45) is 11.3 Å². The van der Waals surface area contributed by atoms with Gasteiger partial charge in [-0.15, -0.1) is 0 Å². The maximum atomic E-state index is 5.53. The van der Waals surface area contributed by atoms with Crippen LogP contribution in [-0.4, -0.2) is 25.8 Å². The fourth-order valence-electron chi connectivity index (χ4n) is 3.34. The van der Waals surface area contributed by atoms with Crippen LogP contribution in [0.3, 0.4) is 0 Å². The van der Waals surface area contributed by atoms with Gasteiger partial charge in [-0.05, 0) is 23.8 Å². The Hall–Kier alpha value is -0.860. The third kappa shape index (κ3) is 3.07. The first-order valence-electron chi connectivity index (χ1n) is 7.78. The molecular formula is C18H29NO. The Morgan fingerprint density at radius 3 is 2.40 bits per heavy atom. The molecule has 2 nitrogen and oxygen atoms in total. The molecule has 3 atom stereocenters. The summed E-state index contributed by atoms with van der Waals surface area (Å²) in [4.78, 5) is 0. The molecule has 1 aromatic rings. The van der Waals surface area contributed by atoms with E-state index in [0.717, 1.165) is 13.0 Å². The molecule has 0 bridgehead atoms. The molecule has 1 fully saturated rings. The van der Waals surface area contributed by atoms with Crippen LogP contribution in [0.25, 0.3) is 0 Å². The third-order valence-electron chi connectivity index (χ3n) is 5.08. The van der Waals surface area contributed by atoms with Gasteiger partial charge in [0, 0.05) is 25.1 Å². The second-order valence-electron chi connectivity index (χ2n) is 7.00. The van der Waals surface area contributed by atoms with Gasteiger partial charge < -0.3 is 10.1 Å². The molecule has 3 unspecified atom stereocenters. The quantitative estimate of drug-likeness (QED) is 0.852.